The van der Waals surface area contributed by atoms with E-state index in [0.29, 0.717) is 22.1 Å². The number of hydrogen-bond acceptors (Lipinski definition) is 5. The number of benzene rings is 2. The van der Waals surface area contributed by atoms with Gasteiger partial charge in [-0.2, -0.15) is 18.6 Å². The summed E-state index contributed by atoms with van der Waals surface area (Å²) in [7, 11) is -4.20. The van der Waals surface area contributed by atoms with E-state index in [0.717, 1.165) is 0 Å². The Kier molecular flexibility index (Phi) is 6.33. The van der Waals surface area contributed by atoms with Crippen LogP contribution in [0.25, 0.3) is 0 Å². The van der Waals surface area contributed by atoms with Crippen LogP contribution in [-0.4, -0.2) is 42.5 Å². The molecule has 2 aromatic rings. The first-order chi connectivity index (χ1) is 9.36. The van der Waals surface area contributed by atoms with Gasteiger partial charge in [0.05, 0.1) is 27.0 Å². The Balaban J connectivity index is 0.00000220. The molecule has 6 nitrogen and oxygen atoms in total. The number of nitrogens with two attached hydrogens (primary N) is 1. The van der Waals surface area contributed by atoms with Crippen LogP contribution in [-0.2, 0) is 10.1 Å². The van der Waals surface area contributed by atoms with Crippen LogP contribution in [0.2, 0.25) is 5.02 Å². The third-order valence-electron chi connectivity index (χ3n) is 2.40. The second-order valence-corrected chi connectivity index (χ2v) is 5.70. The van der Waals surface area contributed by atoms with E-state index in [1.54, 1.807) is 18.2 Å². The molecule has 0 unspecified atom stereocenters. The molecule has 0 aromatic heterocycles. The SMILES string of the molecule is Nc1ccc(/N=N/c2ccc(S(=O)(=O)O)cc2)cc1Cl.[NaH]. The van der Waals surface area contributed by atoms with Gasteiger partial charge < -0.3 is 5.73 Å². The summed E-state index contributed by atoms with van der Waals surface area (Å²) in [6.45, 7) is 0. The molecule has 106 valence electrons. The Hall–Kier alpha value is -0.960. The molecule has 0 aliphatic rings. The summed E-state index contributed by atoms with van der Waals surface area (Å²) in [5.41, 5.74) is 6.97. The van der Waals surface area contributed by atoms with Crippen LogP contribution in [0, 0.1) is 0 Å². The van der Waals surface area contributed by atoms with Crippen molar-refractivity contribution >= 4 is 68.3 Å². The van der Waals surface area contributed by atoms with Crippen molar-refractivity contribution in [3.05, 3.63) is 47.5 Å². The van der Waals surface area contributed by atoms with Gasteiger partial charge in [-0.05, 0) is 42.5 Å². The van der Waals surface area contributed by atoms with Crippen molar-refractivity contribution in [3.63, 3.8) is 0 Å². The van der Waals surface area contributed by atoms with Crippen LogP contribution in [0.4, 0.5) is 17.1 Å². The average Bonchev–Trinajstić information content (AvgIpc) is 2.40. The van der Waals surface area contributed by atoms with Gasteiger partial charge >= 0.3 is 29.6 Å². The Labute approximate surface area is 149 Å². The van der Waals surface area contributed by atoms with Crippen molar-refractivity contribution in [2.24, 2.45) is 10.2 Å². The van der Waals surface area contributed by atoms with E-state index in [4.69, 9.17) is 21.9 Å². The zero-order valence-electron chi connectivity index (χ0n) is 10.1. The molecule has 0 fully saturated rings. The van der Waals surface area contributed by atoms with E-state index in [1.807, 2.05) is 0 Å². The second kappa shape index (κ2) is 7.35. The van der Waals surface area contributed by atoms with E-state index in [-0.39, 0.29) is 34.5 Å². The van der Waals surface area contributed by atoms with Crippen molar-refractivity contribution in [3.8, 4) is 0 Å². The van der Waals surface area contributed by atoms with Crippen LogP contribution in [0.1, 0.15) is 0 Å². The summed E-state index contributed by atoms with van der Waals surface area (Å²) in [4.78, 5) is -0.202. The third kappa shape index (κ3) is 5.06. The molecule has 0 saturated heterocycles. The van der Waals surface area contributed by atoms with Crippen molar-refractivity contribution < 1.29 is 13.0 Å². The summed E-state index contributed by atoms with van der Waals surface area (Å²) in [5.74, 6) is 0. The topological polar surface area (TPSA) is 105 Å². The van der Waals surface area contributed by atoms with Gasteiger partial charge in [0.15, 0.2) is 0 Å². The van der Waals surface area contributed by atoms with Gasteiger partial charge in [-0.25, -0.2) is 0 Å². The molecule has 0 heterocycles. The van der Waals surface area contributed by atoms with Gasteiger partial charge in [-0.3, -0.25) is 4.55 Å². The summed E-state index contributed by atoms with van der Waals surface area (Å²) < 4.78 is 30.6. The minimum absolute atomic E-state index is 0. The number of rotatable bonds is 3. The van der Waals surface area contributed by atoms with Crippen LogP contribution in [0.15, 0.2) is 57.6 Å². The van der Waals surface area contributed by atoms with Crippen molar-refractivity contribution in [1.29, 1.82) is 0 Å². The van der Waals surface area contributed by atoms with Crippen LogP contribution in [0.5, 0.6) is 0 Å². The van der Waals surface area contributed by atoms with E-state index < -0.39 is 10.1 Å². The van der Waals surface area contributed by atoms with E-state index >= 15 is 0 Å². The second-order valence-electron chi connectivity index (χ2n) is 3.87. The number of azo groups is 1. The van der Waals surface area contributed by atoms with E-state index in [2.05, 4.69) is 10.2 Å². The molecular formula is C12H11ClN3NaO3S. The molecule has 0 atom stereocenters. The predicted octanol–water partition coefficient (Wildman–Crippen LogP) is 2.94. The third-order valence-corrected chi connectivity index (χ3v) is 3.59. The first kappa shape index (κ1) is 18.1. The molecule has 0 spiro atoms. The van der Waals surface area contributed by atoms with Crippen LogP contribution >= 0.6 is 11.6 Å². The summed E-state index contributed by atoms with van der Waals surface area (Å²) in [5, 5.41) is 8.24. The van der Waals surface area contributed by atoms with Gasteiger partial charge in [0.2, 0.25) is 0 Å². The van der Waals surface area contributed by atoms with Gasteiger partial charge in [0.1, 0.15) is 0 Å². The van der Waals surface area contributed by atoms with Crippen molar-refractivity contribution in [2.45, 2.75) is 4.90 Å². The number of nitrogen functional groups attached to an aromatic ring is 1. The van der Waals surface area contributed by atoms with Crippen LogP contribution < -0.4 is 5.73 Å². The van der Waals surface area contributed by atoms with Gasteiger partial charge in [-0.1, -0.05) is 11.6 Å². The summed E-state index contributed by atoms with van der Waals surface area (Å²) in [6, 6.07) is 10.1. The average molecular weight is 336 g/mol. The maximum atomic E-state index is 10.9. The number of hydrogen-bond donors (Lipinski definition) is 2. The molecule has 9 heteroatoms. The molecule has 0 aliphatic heterocycles. The Morgan fingerprint density at radius 2 is 1.52 bits per heavy atom. The zero-order valence-corrected chi connectivity index (χ0v) is 11.6. The van der Waals surface area contributed by atoms with Crippen molar-refractivity contribution in [1.82, 2.24) is 0 Å². The Morgan fingerprint density at radius 3 is 2.05 bits per heavy atom. The molecule has 0 saturated carbocycles. The molecule has 3 N–H and O–H groups in total. The van der Waals surface area contributed by atoms with Gasteiger partial charge in [0.25, 0.3) is 10.1 Å². The molecule has 0 aliphatic carbocycles. The standard InChI is InChI=1S/C12H10ClN3O3S.Na.H/c13-11-7-9(3-6-12(11)14)16-15-8-1-4-10(5-2-8)20(17,18)19;;/h1-7H,14H2,(H,17,18,19);;/b16-15+;;. The molecule has 2 rings (SSSR count). The van der Waals surface area contributed by atoms with Crippen molar-refractivity contribution in [2.75, 3.05) is 5.73 Å². The number of nitrogens with zero attached hydrogens (tertiary/aromatic N) is 2. The van der Waals surface area contributed by atoms with E-state index in [1.165, 1.54) is 24.3 Å². The van der Waals surface area contributed by atoms with Crippen LogP contribution in [0.3, 0.4) is 0 Å². The molecule has 0 radical (unpaired) electrons. The molecule has 21 heavy (non-hydrogen) atoms. The fourth-order valence-electron chi connectivity index (χ4n) is 1.38. The van der Waals surface area contributed by atoms with Gasteiger partial charge in [-0.15, -0.1) is 0 Å². The van der Waals surface area contributed by atoms with E-state index in [9.17, 15) is 8.42 Å². The summed E-state index contributed by atoms with van der Waals surface area (Å²) in [6.07, 6.45) is 0. The molecule has 0 bridgehead atoms. The normalized spacial score (nSPS) is 11.3. The fraction of sp³-hybridized carbons (Fsp3) is 0. The Bertz CT molecular complexity index is 764. The maximum absolute atomic E-state index is 10.9. The molecule has 2 aromatic carbocycles. The minimum atomic E-state index is -4.20. The fourth-order valence-corrected chi connectivity index (χ4v) is 2.03. The summed E-state index contributed by atoms with van der Waals surface area (Å²) >= 11 is 5.85. The first-order valence-electron chi connectivity index (χ1n) is 5.40. The first-order valence-corrected chi connectivity index (χ1v) is 7.22. The zero-order chi connectivity index (χ0) is 14.8. The Morgan fingerprint density at radius 1 is 1.00 bits per heavy atom. The number of halogens is 1. The quantitative estimate of drug-likeness (QED) is 0.389. The monoisotopic (exact) mass is 335 g/mol. The predicted molar refractivity (Wildman–Crippen MR) is 83.4 cm³/mol. The van der Waals surface area contributed by atoms with Gasteiger partial charge in [0, 0.05) is 0 Å². The number of anilines is 1. The molecular weight excluding hydrogens is 325 g/mol. The molecule has 0 amide bonds.